The van der Waals surface area contributed by atoms with Crippen LogP contribution in [0.25, 0.3) is 0 Å². The summed E-state index contributed by atoms with van der Waals surface area (Å²) in [5, 5.41) is 5.91. The first-order chi connectivity index (χ1) is 14.2. The summed E-state index contributed by atoms with van der Waals surface area (Å²) < 4.78 is 33.8. The number of esters is 1. The molecule has 10 heteroatoms. The molecule has 4 unspecified atom stereocenters. The van der Waals surface area contributed by atoms with Crippen LogP contribution in [0, 0.1) is 5.92 Å². The summed E-state index contributed by atoms with van der Waals surface area (Å²) in [4.78, 5) is 26.3. The molecule has 1 aliphatic heterocycles. The van der Waals surface area contributed by atoms with E-state index in [-0.39, 0.29) is 30.0 Å². The number of hydrogen-bond acceptors (Lipinski definition) is 7. The van der Waals surface area contributed by atoms with Crippen molar-refractivity contribution in [1.29, 1.82) is 0 Å². The van der Waals surface area contributed by atoms with Crippen LogP contribution in [0.4, 0.5) is 4.79 Å². The van der Waals surface area contributed by atoms with Gasteiger partial charge < -0.3 is 9.64 Å². The van der Waals surface area contributed by atoms with Crippen molar-refractivity contribution in [2.45, 2.75) is 89.5 Å². The van der Waals surface area contributed by atoms with E-state index < -0.39 is 22.3 Å². The summed E-state index contributed by atoms with van der Waals surface area (Å²) >= 11 is 0. The van der Waals surface area contributed by atoms with E-state index in [1.54, 1.807) is 11.1 Å². The first-order valence-electron chi connectivity index (χ1n) is 10.9. The molecule has 2 aliphatic carbocycles. The maximum atomic E-state index is 13.0. The summed E-state index contributed by atoms with van der Waals surface area (Å²) in [6.45, 7) is 3.95. The minimum absolute atomic E-state index is 0.136. The third kappa shape index (κ3) is 5.51. The third-order valence-electron chi connectivity index (χ3n) is 6.14. The van der Waals surface area contributed by atoms with Crippen LogP contribution in [0.2, 0.25) is 0 Å². The predicted octanol–water partition coefficient (Wildman–Crippen LogP) is 2.51. The smallest absolute Gasteiger partial charge is 0.341 e. The number of hydrogen-bond donors (Lipinski definition) is 0. The van der Waals surface area contributed by atoms with Crippen molar-refractivity contribution < 1.29 is 26.9 Å². The summed E-state index contributed by atoms with van der Waals surface area (Å²) in [5.41, 5.74) is 0. The molecule has 0 spiro atoms. The Morgan fingerprint density at radius 1 is 1.23 bits per heavy atom. The number of hydrazone groups is 1. The van der Waals surface area contributed by atoms with Gasteiger partial charge in [-0.2, -0.15) is 13.5 Å². The molecule has 0 radical (unpaired) electrons. The average Bonchev–Trinajstić information content (AvgIpc) is 3.16. The average molecular weight is 444 g/mol. The van der Waals surface area contributed by atoms with Gasteiger partial charge in [0.2, 0.25) is 0 Å². The first kappa shape index (κ1) is 23.0. The molecule has 1 heterocycles. The quantitative estimate of drug-likeness (QED) is 0.324. The molecule has 0 aromatic carbocycles. The Balaban J connectivity index is 1.77. The molecule has 1 saturated heterocycles. The van der Waals surface area contributed by atoms with Crippen LogP contribution in [0.5, 0.6) is 0 Å². The number of urea groups is 1. The second-order valence-electron chi connectivity index (χ2n) is 8.59. The molecule has 3 rings (SSSR count). The second-order valence-corrected chi connectivity index (χ2v) is 10.2. The molecule has 2 saturated carbocycles. The topological polar surface area (TPSA) is 106 Å². The molecule has 0 aromatic heterocycles. The predicted molar refractivity (Wildman–Crippen MR) is 111 cm³/mol. The van der Waals surface area contributed by atoms with E-state index in [1.165, 1.54) is 18.4 Å². The van der Waals surface area contributed by atoms with Crippen molar-refractivity contribution in [2.24, 2.45) is 11.0 Å². The largest absolute Gasteiger partial charge is 0.456 e. The monoisotopic (exact) mass is 443 g/mol. The van der Waals surface area contributed by atoms with Gasteiger partial charge in [-0.15, -0.1) is 0 Å². The summed E-state index contributed by atoms with van der Waals surface area (Å²) in [5.74, 6) is -0.158. The van der Waals surface area contributed by atoms with E-state index in [0.717, 1.165) is 38.4 Å². The number of fused-ring (bicyclic) bond motifs is 1. The van der Waals surface area contributed by atoms with Crippen molar-refractivity contribution in [3.8, 4) is 0 Å². The lowest BCUT2D eigenvalue weighted by Gasteiger charge is -2.27. The molecule has 4 atom stereocenters. The van der Waals surface area contributed by atoms with E-state index in [0.29, 0.717) is 19.4 Å². The zero-order valence-corrected chi connectivity index (χ0v) is 18.8. The molecule has 30 heavy (non-hydrogen) atoms. The standard InChI is InChI=1S/C20H33N3O6S/c1-4-10-22-17-11-16(29-30(3,26)27)12-18(17)23(20(22)25)21-13-19(28-14(2)24)15-8-6-5-7-9-15/h13,15-19H,4-12H2,1-3H3. The van der Waals surface area contributed by atoms with Gasteiger partial charge in [0, 0.05) is 19.4 Å². The molecule has 0 aromatic rings. The van der Waals surface area contributed by atoms with Crippen LogP contribution >= 0.6 is 0 Å². The van der Waals surface area contributed by atoms with Crippen molar-refractivity contribution in [1.82, 2.24) is 9.91 Å². The van der Waals surface area contributed by atoms with E-state index in [1.807, 2.05) is 6.92 Å². The number of nitrogens with zero attached hydrogens (tertiary/aromatic N) is 3. The van der Waals surface area contributed by atoms with Crippen LogP contribution in [0.3, 0.4) is 0 Å². The van der Waals surface area contributed by atoms with Crippen LogP contribution in [0.1, 0.15) is 65.2 Å². The molecule has 2 amide bonds. The van der Waals surface area contributed by atoms with Gasteiger partial charge in [-0.05, 0) is 32.1 Å². The second kappa shape index (κ2) is 9.64. The summed E-state index contributed by atoms with van der Waals surface area (Å²) in [7, 11) is -3.57. The highest BCUT2D eigenvalue weighted by atomic mass is 32.2. The fourth-order valence-electron chi connectivity index (χ4n) is 4.97. The van der Waals surface area contributed by atoms with Crippen molar-refractivity contribution in [2.75, 3.05) is 12.8 Å². The summed E-state index contributed by atoms with van der Waals surface area (Å²) in [6, 6.07) is -0.578. The number of rotatable bonds is 8. The van der Waals surface area contributed by atoms with Crippen LogP contribution in [-0.2, 0) is 23.8 Å². The maximum absolute atomic E-state index is 13.0. The molecule has 9 nitrogen and oxygen atoms in total. The van der Waals surface area contributed by atoms with Gasteiger partial charge in [-0.3, -0.25) is 8.98 Å². The van der Waals surface area contributed by atoms with E-state index in [9.17, 15) is 18.0 Å². The van der Waals surface area contributed by atoms with Gasteiger partial charge in [0.15, 0.2) is 0 Å². The number of carbonyl (C=O) groups excluding carboxylic acids is 2. The fraction of sp³-hybridized carbons (Fsp3) is 0.850. The van der Waals surface area contributed by atoms with Crippen molar-refractivity contribution in [3.05, 3.63) is 0 Å². The first-order valence-corrected chi connectivity index (χ1v) is 12.7. The number of carbonyl (C=O) groups is 2. The lowest BCUT2D eigenvalue weighted by Crippen LogP contribution is -2.36. The Morgan fingerprint density at radius 3 is 2.50 bits per heavy atom. The van der Waals surface area contributed by atoms with Crippen LogP contribution in [0.15, 0.2) is 5.10 Å². The minimum Gasteiger partial charge on any atom is -0.456 e. The normalized spacial score (nSPS) is 28.9. The Labute approximate surface area is 178 Å². The van der Waals surface area contributed by atoms with Gasteiger partial charge in [0.25, 0.3) is 10.1 Å². The molecular formula is C20H33N3O6S. The Morgan fingerprint density at radius 2 is 1.90 bits per heavy atom. The zero-order chi connectivity index (χ0) is 21.9. The van der Waals surface area contributed by atoms with Gasteiger partial charge in [0.1, 0.15) is 6.10 Å². The molecule has 0 N–H and O–H groups in total. The van der Waals surface area contributed by atoms with Crippen LogP contribution < -0.4 is 0 Å². The molecule has 3 fully saturated rings. The maximum Gasteiger partial charge on any atom is 0.341 e. The highest BCUT2D eigenvalue weighted by molar-refractivity contribution is 7.86. The molecule has 3 aliphatic rings. The van der Waals surface area contributed by atoms with E-state index in [2.05, 4.69) is 5.10 Å². The van der Waals surface area contributed by atoms with Crippen LogP contribution in [-0.4, -0.2) is 73.6 Å². The third-order valence-corrected chi connectivity index (χ3v) is 6.76. The van der Waals surface area contributed by atoms with Crippen molar-refractivity contribution >= 4 is 28.3 Å². The number of ether oxygens (including phenoxy) is 1. The lowest BCUT2D eigenvalue weighted by molar-refractivity contribution is -0.145. The van der Waals surface area contributed by atoms with Gasteiger partial charge in [-0.1, -0.05) is 26.2 Å². The Bertz CT molecular complexity index is 765. The highest BCUT2D eigenvalue weighted by Gasteiger charge is 2.52. The Kier molecular flexibility index (Phi) is 7.38. The SMILES string of the molecule is CCCN1C(=O)N(N=CC(OC(C)=O)C2CCCCC2)C2CC(OS(C)(=O)=O)CC21. The minimum atomic E-state index is -3.57. The number of amides is 2. The van der Waals surface area contributed by atoms with E-state index in [4.69, 9.17) is 8.92 Å². The highest BCUT2D eigenvalue weighted by Crippen LogP contribution is 2.38. The van der Waals surface area contributed by atoms with Gasteiger partial charge >= 0.3 is 12.0 Å². The molecular weight excluding hydrogens is 410 g/mol. The lowest BCUT2D eigenvalue weighted by atomic mass is 9.85. The Hall–Kier alpha value is -1.68. The van der Waals surface area contributed by atoms with Crippen molar-refractivity contribution in [3.63, 3.8) is 0 Å². The molecule has 170 valence electrons. The zero-order valence-electron chi connectivity index (χ0n) is 18.0. The fourth-order valence-corrected chi connectivity index (χ4v) is 5.62. The van der Waals surface area contributed by atoms with Gasteiger partial charge in [-0.25, -0.2) is 9.80 Å². The molecule has 0 bridgehead atoms. The van der Waals surface area contributed by atoms with E-state index >= 15 is 0 Å². The van der Waals surface area contributed by atoms with Gasteiger partial charge in [0.05, 0.1) is 30.7 Å². The summed E-state index contributed by atoms with van der Waals surface area (Å²) in [6.07, 6.45) is 8.68.